The topological polar surface area (TPSA) is 172 Å². The number of carbonyl (C=O) groups is 2. The van der Waals surface area contributed by atoms with Crippen LogP contribution in [0.3, 0.4) is 0 Å². The minimum absolute atomic E-state index is 0.153. The predicted molar refractivity (Wildman–Crippen MR) is 170 cm³/mol. The molecule has 4 aromatic rings. The molecule has 5 N–H and O–H groups in total. The number of hydrogen-bond acceptors (Lipinski definition) is 10. The number of hydrogen-bond donors (Lipinski definition) is 5. The molecular weight excluding hydrogens is 602 g/mol. The number of ether oxygens (including phenoxy) is 1. The van der Waals surface area contributed by atoms with E-state index in [0.29, 0.717) is 29.3 Å². The van der Waals surface area contributed by atoms with Gasteiger partial charge in [-0.2, -0.15) is 0 Å². The lowest BCUT2D eigenvalue weighted by Crippen LogP contribution is -2.52. The van der Waals surface area contributed by atoms with Gasteiger partial charge in [-0.15, -0.1) is 0 Å². The standard InChI is InChI=1S/C35H39N5O7/c1-17(2)26(42)30(44)37-23-12-10-18-11-13-24-21(14-18)35(20-8-6-7-9-22(20)38-33(35)46-24)28-25(31-36-19(15-41)16-45-31)39-32(47-28)27(34(3,4)5)40-29(23)43/h6-9,11,13-14,16-17,23,26-27,33,38,41-42H,10,12,15H2,1-5H3,(H,37,44)(H,40,43)/t23-,26-,27+,33+,35?/m0/s1. The number of para-hydroxylation sites is 1. The molecule has 2 aromatic heterocycles. The van der Waals surface area contributed by atoms with Crippen molar-refractivity contribution in [2.75, 3.05) is 5.32 Å². The molecule has 3 aliphatic heterocycles. The second-order valence-corrected chi connectivity index (χ2v) is 14.0. The molecule has 0 fully saturated rings. The Morgan fingerprint density at radius 2 is 1.91 bits per heavy atom. The van der Waals surface area contributed by atoms with E-state index in [4.69, 9.17) is 18.6 Å². The molecule has 1 spiro atoms. The van der Waals surface area contributed by atoms with E-state index in [0.717, 1.165) is 22.4 Å². The summed E-state index contributed by atoms with van der Waals surface area (Å²) < 4.78 is 19.3. The average molecular weight is 642 g/mol. The van der Waals surface area contributed by atoms with Gasteiger partial charge in [0.1, 0.15) is 41.3 Å². The maximum Gasteiger partial charge on any atom is 0.249 e. The van der Waals surface area contributed by atoms with Crippen LogP contribution in [0.4, 0.5) is 5.69 Å². The Morgan fingerprint density at radius 3 is 2.64 bits per heavy atom. The van der Waals surface area contributed by atoms with Crippen molar-refractivity contribution in [2.24, 2.45) is 11.3 Å². The zero-order valence-corrected chi connectivity index (χ0v) is 27.0. The van der Waals surface area contributed by atoms with Gasteiger partial charge in [0.05, 0.1) is 6.61 Å². The number of aliphatic hydroxyl groups is 2. The summed E-state index contributed by atoms with van der Waals surface area (Å²) in [6.45, 7) is 9.03. The molecule has 0 radical (unpaired) electrons. The molecule has 0 saturated carbocycles. The number of amides is 2. The smallest absolute Gasteiger partial charge is 0.249 e. The van der Waals surface area contributed by atoms with Gasteiger partial charge in [0, 0.05) is 11.3 Å². The second-order valence-electron chi connectivity index (χ2n) is 14.0. The van der Waals surface area contributed by atoms with Crippen molar-refractivity contribution in [1.82, 2.24) is 20.6 Å². The van der Waals surface area contributed by atoms with Gasteiger partial charge in [-0.05, 0) is 47.4 Å². The lowest BCUT2D eigenvalue weighted by atomic mass is 9.72. The molecule has 2 amide bonds. The Labute approximate surface area is 271 Å². The number of aromatic nitrogens is 2. The van der Waals surface area contributed by atoms with Crippen LogP contribution in [0, 0.1) is 11.3 Å². The first-order valence-electron chi connectivity index (χ1n) is 15.9. The van der Waals surface area contributed by atoms with E-state index >= 15 is 0 Å². The van der Waals surface area contributed by atoms with E-state index < -0.39 is 47.1 Å². The van der Waals surface area contributed by atoms with Gasteiger partial charge in [0.25, 0.3) is 0 Å². The lowest BCUT2D eigenvalue weighted by molar-refractivity contribution is -0.136. The summed E-state index contributed by atoms with van der Waals surface area (Å²) in [4.78, 5) is 36.6. The van der Waals surface area contributed by atoms with Crippen molar-refractivity contribution >= 4 is 17.5 Å². The van der Waals surface area contributed by atoms with Gasteiger partial charge in [-0.3, -0.25) is 9.59 Å². The zero-order chi connectivity index (χ0) is 33.2. The van der Waals surface area contributed by atoms with Gasteiger partial charge in [-0.25, -0.2) is 9.97 Å². The molecule has 12 nitrogen and oxygen atoms in total. The van der Waals surface area contributed by atoms with Crippen LogP contribution in [0.5, 0.6) is 5.75 Å². The van der Waals surface area contributed by atoms with Crippen LogP contribution in [0.25, 0.3) is 11.6 Å². The summed E-state index contributed by atoms with van der Waals surface area (Å²) >= 11 is 0. The SMILES string of the molecule is CC(C)[C@H](O)C(=O)N[C@H]1CCc2ccc3c(c2)C2(c4ccccc4N[C@@H]2O3)c2oc(nc2-c2nc(CO)co2)[C@H](C(C)(C)C)NC1=O. The number of carbonyl (C=O) groups excluding carboxylic acids is 2. The van der Waals surface area contributed by atoms with Crippen LogP contribution in [0.15, 0.2) is 57.6 Å². The van der Waals surface area contributed by atoms with Gasteiger partial charge in [-0.1, -0.05) is 65.0 Å². The van der Waals surface area contributed by atoms with Crippen LogP contribution in [-0.4, -0.2) is 50.4 Å². The van der Waals surface area contributed by atoms with E-state index in [9.17, 15) is 19.8 Å². The van der Waals surface area contributed by atoms with Crippen LogP contribution in [0.1, 0.15) is 81.1 Å². The van der Waals surface area contributed by atoms with Crippen LogP contribution < -0.4 is 20.7 Å². The molecule has 5 heterocycles. The highest BCUT2D eigenvalue weighted by Crippen LogP contribution is 2.59. The summed E-state index contributed by atoms with van der Waals surface area (Å²) in [5, 5.41) is 29.7. The Morgan fingerprint density at radius 1 is 1.13 bits per heavy atom. The van der Waals surface area contributed by atoms with Crippen molar-refractivity contribution < 1.29 is 33.4 Å². The van der Waals surface area contributed by atoms with E-state index in [2.05, 4.69) is 27.0 Å². The fourth-order valence-electron chi connectivity index (χ4n) is 6.77. The van der Waals surface area contributed by atoms with Gasteiger partial charge >= 0.3 is 0 Å². The molecule has 5 atom stereocenters. The third-order valence-electron chi connectivity index (χ3n) is 9.32. The van der Waals surface area contributed by atoms with Gasteiger partial charge in [0.15, 0.2) is 17.7 Å². The number of anilines is 1. The number of oxazole rings is 2. The predicted octanol–water partition coefficient (Wildman–Crippen LogP) is 3.95. The van der Waals surface area contributed by atoms with Crippen molar-refractivity contribution in [1.29, 1.82) is 0 Å². The zero-order valence-electron chi connectivity index (χ0n) is 27.0. The minimum Gasteiger partial charge on any atom is -0.469 e. The van der Waals surface area contributed by atoms with E-state index in [1.165, 1.54) is 6.26 Å². The molecule has 246 valence electrons. The minimum atomic E-state index is -1.27. The third-order valence-corrected chi connectivity index (χ3v) is 9.32. The summed E-state index contributed by atoms with van der Waals surface area (Å²) in [6, 6.07) is 12.1. The van der Waals surface area contributed by atoms with Crippen molar-refractivity contribution in [3.05, 3.63) is 82.8 Å². The summed E-state index contributed by atoms with van der Waals surface area (Å²) in [5.41, 5.74) is 2.57. The van der Waals surface area contributed by atoms with Crippen molar-refractivity contribution in [3.8, 4) is 17.3 Å². The highest BCUT2D eigenvalue weighted by molar-refractivity contribution is 5.89. The molecule has 1 unspecified atom stereocenters. The summed E-state index contributed by atoms with van der Waals surface area (Å²) in [6.07, 6.45) is 0.240. The molecule has 0 aliphatic carbocycles. The molecule has 3 aliphatic rings. The molecule has 12 heteroatoms. The first-order chi connectivity index (χ1) is 22.4. The Balaban J connectivity index is 1.47. The largest absolute Gasteiger partial charge is 0.469 e. The molecule has 2 aromatic carbocycles. The second kappa shape index (κ2) is 11.2. The number of aliphatic hydroxyl groups excluding tert-OH is 2. The van der Waals surface area contributed by atoms with Gasteiger partial charge in [0.2, 0.25) is 23.6 Å². The van der Waals surface area contributed by atoms with E-state index in [-0.39, 0.29) is 30.7 Å². The molecular formula is C35H39N5O7. The van der Waals surface area contributed by atoms with Crippen molar-refractivity contribution in [2.45, 2.75) is 83.9 Å². The van der Waals surface area contributed by atoms with Crippen LogP contribution in [0.2, 0.25) is 0 Å². The number of aryl methyl sites for hydroxylation is 1. The average Bonchev–Trinajstić information content (AvgIpc) is 3.81. The summed E-state index contributed by atoms with van der Waals surface area (Å²) in [5.74, 6) is 0.0808. The highest BCUT2D eigenvalue weighted by Gasteiger charge is 2.61. The molecule has 47 heavy (non-hydrogen) atoms. The molecule has 7 rings (SSSR count). The van der Waals surface area contributed by atoms with Gasteiger partial charge < -0.3 is 39.7 Å². The third kappa shape index (κ3) is 4.97. The quantitative estimate of drug-likeness (QED) is 0.215. The first-order valence-corrected chi connectivity index (χ1v) is 15.9. The number of nitrogens with one attached hydrogen (secondary N) is 3. The Kier molecular flexibility index (Phi) is 7.40. The Hall–Kier alpha value is -4.68. The van der Waals surface area contributed by atoms with Crippen molar-refractivity contribution in [3.63, 3.8) is 0 Å². The normalized spacial score (nSPS) is 23.7. The molecule has 4 bridgehead atoms. The number of rotatable bonds is 5. The maximum atomic E-state index is 14.0. The number of benzene rings is 2. The fraction of sp³-hybridized carbons (Fsp3) is 0.429. The van der Waals surface area contributed by atoms with Crippen LogP contribution in [-0.2, 0) is 28.0 Å². The molecule has 0 saturated heterocycles. The van der Waals surface area contributed by atoms with Crippen LogP contribution >= 0.6 is 0 Å². The fourth-order valence-corrected chi connectivity index (χ4v) is 6.77. The number of nitrogens with zero attached hydrogens (tertiary/aromatic N) is 2. The highest BCUT2D eigenvalue weighted by atomic mass is 16.5. The lowest BCUT2D eigenvalue weighted by Gasteiger charge is -2.31. The first kappa shape index (κ1) is 30.9. The monoisotopic (exact) mass is 641 g/mol. The maximum absolute atomic E-state index is 14.0. The summed E-state index contributed by atoms with van der Waals surface area (Å²) in [7, 11) is 0. The number of fused-ring (bicyclic) bond motifs is 4. The van der Waals surface area contributed by atoms with E-state index in [1.54, 1.807) is 13.8 Å². The van der Waals surface area contributed by atoms with E-state index in [1.807, 2.05) is 57.2 Å². The Bertz CT molecular complexity index is 1860.